The van der Waals surface area contributed by atoms with Crippen molar-refractivity contribution in [2.45, 2.75) is 19.3 Å². The number of benzene rings is 1. The smallest absolute Gasteiger partial charge is 0.134 e. The summed E-state index contributed by atoms with van der Waals surface area (Å²) in [6, 6.07) is 8.12. The van der Waals surface area contributed by atoms with E-state index in [4.69, 9.17) is 4.99 Å². The van der Waals surface area contributed by atoms with Crippen molar-refractivity contribution in [1.82, 2.24) is 0 Å². The second kappa shape index (κ2) is 3.71. The average molecular weight is 211 g/mol. The summed E-state index contributed by atoms with van der Waals surface area (Å²) in [5, 5.41) is 0. The van der Waals surface area contributed by atoms with Crippen LogP contribution in [0.3, 0.4) is 0 Å². The van der Waals surface area contributed by atoms with E-state index in [1.165, 1.54) is 5.71 Å². The minimum atomic E-state index is 0.230. The number of allylic oxidation sites excluding steroid dienone is 1. The molecule has 2 nitrogen and oxygen atoms in total. The summed E-state index contributed by atoms with van der Waals surface area (Å²) in [7, 11) is 0. The van der Waals surface area contributed by atoms with Crippen molar-refractivity contribution in [2.24, 2.45) is 10.9 Å². The van der Waals surface area contributed by atoms with Gasteiger partial charge in [-0.15, -0.1) is 0 Å². The number of hydrogen-bond donors (Lipinski definition) is 0. The van der Waals surface area contributed by atoms with Crippen molar-refractivity contribution in [3.8, 4) is 0 Å². The Balaban J connectivity index is 2.06. The van der Waals surface area contributed by atoms with Gasteiger partial charge >= 0.3 is 0 Å². The molecule has 1 aromatic carbocycles. The normalized spacial score (nSPS) is 23.1. The van der Waals surface area contributed by atoms with E-state index >= 15 is 0 Å². The van der Waals surface area contributed by atoms with Crippen molar-refractivity contribution in [1.29, 1.82) is 0 Å². The van der Waals surface area contributed by atoms with E-state index < -0.39 is 0 Å². The standard InChI is InChI=1S/C14H13NO/c16-12-7-8-14-11(9-12)6-5-10-3-1-2-4-13(10)15-14/h1-6,11H,7-9H2. The third-order valence-corrected chi connectivity index (χ3v) is 3.24. The molecule has 3 rings (SSSR count). The summed E-state index contributed by atoms with van der Waals surface area (Å²) in [6.07, 6.45) is 6.33. The predicted molar refractivity (Wildman–Crippen MR) is 64.9 cm³/mol. The van der Waals surface area contributed by atoms with Crippen molar-refractivity contribution >= 4 is 23.3 Å². The molecule has 1 saturated carbocycles. The first-order valence-corrected chi connectivity index (χ1v) is 5.69. The topological polar surface area (TPSA) is 29.4 Å². The third kappa shape index (κ3) is 1.60. The van der Waals surface area contributed by atoms with Crippen LogP contribution in [0.15, 0.2) is 35.3 Å². The zero-order chi connectivity index (χ0) is 11.0. The molecule has 0 spiro atoms. The van der Waals surface area contributed by atoms with Gasteiger partial charge in [0, 0.05) is 24.5 Å². The fraction of sp³-hybridized carbons (Fsp3) is 0.286. The Kier molecular flexibility index (Phi) is 2.21. The maximum absolute atomic E-state index is 11.4. The lowest BCUT2D eigenvalue weighted by atomic mass is 9.86. The second-order valence-electron chi connectivity index (χ2n) is 4.37. The number of fused-ring (bicyclic) bond motifs is 2. The number of ketones is 1. The average Bonchev–Trinajstić information content (AvgIpc) is 2.48. The molecule has 1 unspecified atom stereocenters. The number of Topliss-reactive ketones (excluding diaryl/α,β-unsaturated/α-hetero) is 1. The Morgan fingerprint density at radius 2 is 2.06 bits per heavy atom. The van der Waals surface area contributed by atoms with E-state index in [0.717, 1.165) is 17.7 Å². The molecule has 1 fully saturated rings. The molecule has 2 heteroatoms. The van der Waals surface area contributed by atoms with Gasteiger partial charge in [-0.05, 0) is 18.1 Å². The molecule has 1 aliphatic heterocycles. The van der Waals surface area contributed by atoms with Crippen molar-refractivity contribution in [3.63, 3.8) is 0 Å². The highest BCUT2D eigenvalue weighted by Crippen LogP contribution is 2.30. The predicted octanol–water partition coefficient (Wildman–Crippen LogP) is 3.16. The van der Waals surface area contributed by atoms with E-state index in [-0.39, 0.29) is 5.92 Å². The third-order valence-electron chi connectivity index (χ3n) is 3.24. The van der Waals surface area contributed by atoms with Crippen LogP contribution in [0, 0.1) is 5.92 Å². The van der Waals surface area contributed by atoms with E-state index in [1.807, 2.05) is 18.2 Å². The fourth-order valence-corrected chi connectivity index (χ4v) is 2.34. The highest BCUT2D eigenvalue weighted by atomic mass is 16.1. The van der Waals surface area contributed by atoms with Crippen LogP contribution < -0.4 is 0 Å². The number of nitrogens with zero attached hydrogens (tertiary/aromatic N) is 1. The number of aliphatic imine (C=N–C) groups is 1. The first-order valence-electron chi connectivity index (χ1n) is 5.69. The van der Waals surface area contributed by atoms with Gasteiger partial charge < -0.3 is 0 Å². The van der Waals surface area contributed by atoms with Crippen LogP contribution in [0.5, 0.6) is 0 Å². The Hall–Kier alpha value is -1.70. The van der Waals surface area contributed by atoms with Gasteiger partial charge in [0.1, 0.15) is 5.78 Å². The second-order valence-corrected chi connectivity index (χ2v) is 4.37. The molecule has 1 aliphatic carbocycles. The van der Waals surface area contributed by atoms with E-state index in [0.29, 0.717) is 18.6 Å². The molecule has 0 N–H and O–H groups in total. The number of rotatable bonds is 0. The summed E-state index contributed by atoms with van der Waals surface area (Å²) >= 11 is 0. The molecule has 16 heavy (non-hydrogen) atoms. The summed E-state index contributed by atoms with van der Waals surface area (Å²) in [6.45, 7) is 0. The van der Waals surface area contributed by atoms with E-state index in [9.17, 15) is 4.79 Å². The highest BCUT2D eigenvalue weighted by Gasteiger charge is 2.24. The molecule has 0 radical (unpaired) electrons. The van der Waals surface area contributed by atoms with Crippen molar-refractivity contribution < 1.29 is 4.79 Å². The number of carbonyl (C=O) groups excluding carboxylic acids is 1. The van der Waals surface area contributed by atoms with Gasteiger partial charge in [-0.2, -0.15) is 0 Å². The molecule has 1 atom stereocenters. The van der Waals surface area contributed by atoms with Crippen LogP contribution in [0.1, 0.15) is 24.8 Å². The van der Waals surface area contributed by atoms with Gasteiger partial charge in [-0.25, -0.2) is 0 Å². The molecule has 1 heterocycles. The highest BCUT2D eigenvalue weighted by molar-refractivity contribution is 6.01. The summed E-state index contributed by atoms with van der Waals surface area (Å²) in [5.74, 6) is 0.591. The first-order chi connectivity index (χ1) is 7.83. The molecular formula is C14H13NO. The van der Waals surface area contributed by atoms with Gasteiger partial charge in [0.15, 0.2) is 0 Å². The van der Waals surface area contributed by atoms with Crippen molar-refractivity contribution in [2.75, 3.05) is 0 Å². The summed E-state index contributed by atoms with van der Waals surface area (Å²) in [4.78, 5) is 16.1. The lowest BCUT2D eigenvalue weighted by Gasteiger charge is -2.19. The Bertz CT molecular complexity index is 499. The van der Waals surface area contributed by atoms with Gasteiger partial charge in [-0.3, -0.25) is 9.79 Å². The van der Waals surface area contributed by atoms with Gasteiger partial charge in [0.2, 0.25) is 0 Å². The molecule has 0 aromatic heterocycles. The lowest BCUT2D eigenvalue weighted by Crippen LogP contribution is -2.22. The zero-order valence-corrected chi connectivity index (χ0v) is 9.02. The minimum Gasteiger partial charge on any atom is -0.300 e. The van der Waals surface area contributed by atoms with Crippen LogP contribution in [0.2, 0.25) is 0 Å². The van der Waals surface area contributed by atoms with Gasteiger partial charge in [-0.1, -0.05) is 30.4 Å². The molecule has 2 aliphatic rings. The maximum atomic E-state index is 11.4. The molecule has 0 amide bonds. The molecular weight excluding hydrogens is 198 g/mol. The Morgan fingerprint density at radius 3 is 3.00 bits per heavy atom. The number of carbonyl (C=O) groups is 1. The van der Waals surface area contributed by atoms with Crippen LogP contribution in [0.25, 0.3) is 6.08 Å². The first kappa shape index (κ1) is 9.52. The van der Waals surface area contributed by atoms with E-state index in [2.05, 4.69) is 18.2 Å². The van der Waals surface area contributed by atoms with Crippen LogP contribution >= 0.6 is 0 Å². The number of hydrogen-bond acceptors (Lipinski definition) is 2. The fourth-order valence-electron chi connectivity index (χ4n) is 2.34. The van der Waals surface area contributed by atoms with Gasteiger partial charge in [0.05, 0.1) is 5.69 Å². The monoisotopic (exact) mass is 211 g/mol. The van der Waals surface area contributed by atoms with Crippen LogP contribution in [0.4, 0.5) is 5.69 Å². The quantitative estimate of drug-likeness (QED) is 0.648. The lowest BCUT2D eigenvalue weighted by molar-refractivity contribution is -0.119. The van der Waals surface area contributed by atoms with E-state index in [1.54, 1.807) is 0 Å². The molecule has 1 aromatic rings. The van der Waals surface area contributed by atoms with Crippen molar-refractivity contribution in [3.05, 3.63) is 35.9 Å². The minimum absolute atomic E-state index is 0.230. The SMILES string of the molecule is O=C1CCC2=Nc3ccccc3C=CC2C1. The van der Waals surface area contributed by atoms with Crippen LogP contribution in [-0.4, -0.2) is 11.5 Å². The van der Waals surface area contributed by atoms with Crippen LogP contribution in [-0.2, 0) is 4.79 Å². The Labute approximate surface area is 94.7 Å². The Morgan fingerprint density at radius 1 is 1.19 bits per heavy atom. The molecule has 0 bridgehead atoms. The largest absolute Gasteiger partial charge is 0.300 e. The molecule has 0 saturated heterocycles. The molecule has 80 valence electrons. The van der Waals surface area contributed by atoms with Gasteiger partial charge in [0.25, 0.3) is 0 Å². The summed E-state index contributed by atoms with van der Waals surface area (Å²) in [5.41, 5.74) is 3.35. The summed E-state index contributed by atoms with van der Waals surface area (Å²) < 4.78 is 0. The zero-order valence-electron chi connectivity index (χ0n) is 9.02. The maximum Gasteiger partial charge on any atom is 0.134 e. The number of para-hydroxylation sites is 1.